The fourth-order valence-electron chi connectivity index (χ4n) is 1.79. The summed E-state index contributed by atoms with van der Waals surface area (Å²) in [6, 6.07) is -0.338. The predicted octanol–water partition coefficient (Wildman–Crippen LogP) is 0.838. The van der Waals surface area contributed by atoms with Crippen molar-refractivity contribution in [2.75, 3.05) is 26.2 Å². The molecule has 0 aliphatic carbocycles. The first kappa shape index (κ1) is 14.5. The molecule has 0 unspecified atom stereocenters. The van der Waals surface area contributed by atoms with Crippen LogP contribution in [0, 0.1) is 0 Å². The van der Waals surface area contributed by atoms with Crippen LogP contribution in [0.2, 0.25) is 0 Å². The van der Waals surface area contributed by atoms with Gasteiger partial charge in [-0.15, -0.1) is 6.58 Å². The smallest absolute Gasteiger partial charge is 0.323 e. The quantitative estimate of drug-likeness (QED) is 0.522. The Morgan fingerprint density at radius 1 is 1.56 bits per heavy atom. The van der Waals surface area contributed by atoms with Crippen molar-refractivity contribution in [2.45, 2.75) is 25.4 Å². The summed E-state index contributed by atoms with van der Waals surface area (Å²) in [5.74, 6) is -1.04. The number of carbonyl (C=O) groups excluding carboxylic acids is 1. The molecule has 0 saturated carbocycles. The van der Waals surface area contributed by atoms with Crippen molar-refractivity contribution in [1.82, 2.24) is 10.2 Å². The zero-order chi connectivity index (χ0) is 13.4. The number of nitrogens with one attached hydrogen (secondary N) is 1. The van der Waals surface area contributed by atoms with E-state index in [9.17, 15) is 9.59 Å². The highest BCUT2D eigenvalue weighted by atomic mass is 16.5. The molecule has 18 heavy (non-hydrogen) atoms. The largest absolute Gasteiger partial charge is 0.480 e. The van der Waals surface area contributed by atoms with Crippen molar-refractivity contribution in [2.24, 2.45) is 0 Å². The maximum atomic E-state index is 11.6. The van der Waals surface area contributed by atoms with Crippen LogP contribution in [0.25, 0.3) is 0 Å². The van der Waals surface area contributed by atoms with Crippen LogP contribution in [0.4, 0.5) is 4.79 Å². The molecule has 102 valence electrons. The van der Waals surface area contributed by atoms with Crippen molar-refractivity contribution < 1.29 is 19.4 Å². The molecular formula is C12H20N2O4. The molecule has 0 spiro atoms. The van der Waals surface area contributed by atoms with E-state index in [2.05, 4.69) is 11.9 Å². The average molecular weight is 256 g/mol. The van der Waals surface area contributed by atoms with E-state index in [0.29, 0.717) is 19.7 Å². The van der Waals surface area contributed by atoms with Gasteiger partial charge in [-0.2, -0.15) is 0 Å². The first-order valence-electron chi connectivity index (χ1n) is 6.10. The van der Waals surface area contributed by atoms with E-state index in [-0.39, 0.29) is 18.7 Å². The molecule has 2 N–H and O–H groups in total. The molecule has 1 aliphatic rings. The number of nitrogens with zero attached hydrogens (tertiary/aromatic N) is 1. The number of rotatable bonds is 7. The number of urea groups is 1. The van der Waals surface area contributed by atoms with Crippen molar-refractivity contribution in [3.63, 3.8) is 0 Å². The Morgan fingerprint density at radius 2 is 2.33 bits per heavy atom. The summed E-state index contributed by atoms with van der Waals surface area (Å²) in [7, 11) is 0. The van der Waals surface area contributed by atoms with Gasteiger partial charge in [0.1, 0.15) is 6.54 Å². The molecule has 0 radical (unpaired) electrons. The van der Waals surface area contributed by atoms with Gasteiger partial charge in [0.05, 0.1) is 6.10 Å². The van der Waals surface area contributed by atoms with Crippen LogP contribution in [-0.4, -0.2) is 54.4 Å². The van der Waals surface area contributed by atoms with Gasteiger partial charge >= 0.3 is 12.0 Å². The van der Waals surface area contributed by atoms with Gasteiger partial charge in [-0.05, 0) is 19.3 Å². The van der Waals surface area contributed by atoms with Crippen molar-refractivity contribution >= 4 is 12.0 Å². The number of hydrogen-bond donors (Lipinski definition) is 2. The molecule has 1 rings (SSSR count). The van der Waals surface area contributed by atoms with Gasteiger partial charge in [0, 0.05) is 19.7 Å². The number of carbonyl (C=O) groups is 2. The number of likely N-dealkylation sites (tertiary alicyclic amines) is 1. The highest BCUT2D eigenvalue weighted by Crippen LogP contribution is 2.13. The molecule has 2 amide bonds. The fourth-order valence-corrected chi connectivity index (χ4v) is 1.79. The number of aliphatic carboxylic acids is 1. The van der Waals surface area contributed by atoms with E-state index in [4.69, 9.17) is 9.84 Å². The summed E-state index contributed by atoms with van der Waals surface area (Å²) in [6.45, 7) is 5.09. The third-order valence-corrected chi connectivity index (χ3v) is 2.73. The van der Waals surface area contributed by atoms with Crippen LogP contribution in [0.1, 0.15) is 19.3 Å². The Morgan fingerprint density at radius 3 is 3.00 bits per heavy atom. The number of carboxylic acid groups (broad SMARTS) is 1. The molecule has 0 aromatic heterocycles. The summed E-state index contributed by atoms with van der Waals surface area (Å²) >= 11 is 0. The molecule has 0 bridgehead atoms. The first-order valence-corrected chi connectivity index (χ1v) is 6.10. The topological polar surface area (TPSA) is 78.9 Å². The Balaban J connectivity index is 2.17. The summed E-state index contributed by atoms with van der Waals surface area (Å²) in [5, 5.41) is 10.8. The minimum Gasteiger partial charge on any atom is -0.480 e. The maximum Gasteiger partial charge on any atom is 0.323 e. The molecule has 1 atom stereocenters. The molecule has 0 aromatic carbocycles. The van der Waals surface area contributed by atoms with E-state index < -0.39 is 5.97 Å². The third kappa shape index (κ3) is 5.18. The SMILES string of the molecule is C=CCCCO[C@H]1CCN(C(=O)NCC(=O)O)C1. The highest BCUT2D eigenvalue weighted by molar-refractivity contribution is 5.80. The molecule has 1 heterocycles. The third-order valence-electron chi connectivity index (χ3n) is 2.73. The summed E-state index contributed by atoms with van der Waals surface area (Å²) in [4.78, 5) is 23.5. The summed E-state index contributed by atoms with van der Waals surface area (Å²) < 4.78 is 5.63. The van der Waals surface area contributed by atoms with Gasteiger partial charge in [-0.1, -0.05) is 6.08 Å². The van der Waals surface area contributed by atoms with Gasteiger partial charge in [0.2, 0.25) is 0 Å². The molecule has 1 fully saturated rings. The van der Waals surface area contributed by atoms with E-state index >= 15 is 0 Å². The minimum atomic E-state index is -1.04. The number of unbranched alkanes of at least 4 members (excludes halogenated alkanes) is 1. The normalized spacial score (nSPS) is 18.7. The molecule has 6 nitrogen and oxygen atoms in total. The number of allylic oxidation sites excluding steroid dienone is 1. The summed E-state index contributed by atoms with van der Waals surface area (Å²) in [6.07, 6.45) is 4.57. The zero-order valence-corrected chi connectivity index (χ0v) is 10.4. The Bertz CT molecular complexity index is 306. The van der Waals surface area contributed by atoms with Crippen molar-refractivity contribution in [1.29, 1.82) is 0 Å². The number of ether oxygens (including phenoxy) is 1. The van der Waals surface area contributed by atoms with Crippen molar-refractivity contribution in [3.05, 3.63) is 12.7 Å². The minimum absolute atomic E-state index is 0.0605. The highest BCUT2D eigenvalue weighted by Gasteiger charge is 2.26. The second-order valence-corrected chi connectivity index (χ2v) is 4.21. The summed E-state index contributed by atoms with van der Waals surface area (Å²) in [5.41, 5.74) is 0. The number of amides is 2. The molecule has 0 aromatic rings. The zero-order valence-electron chi connectivity index (χ0n) is 10.4. The number of carboxylic acids is 1. The Labute approximate surface area is 107 Å². The predicted molar refractivity (Wildman–Crippen MR) is 66.4 cm³/mol. The Kier molecular flexibility index (Phi) is 6.21. The van der Waals surface area contributed by atoms with Crippen LogP contribution in [0.3, 0.4) is 0 Å². The standard InChI is InChI=1S/C12H20N2O4/c1-2-3-4-7-18-10-5-6-14(9-10)12(17)13-8-11(15)16/h2,10H,1,3-9H2,(H,13,17)(H,15,16)/t10-/m0/s1. The lowest BCUT2D eigenvalue weighted by atomic mass is 10.3. The van der Waals surface area contributed by atoms with Crippen LogP contribution >= 0.6 is 0 Å². The van der Waals surface area contributed by atoms with Crippen molar-refractivity contribution in [3.8, 4) is 0 Å². The van der Waals surface area contributed by atoms with E-state index in [0.717, 1.165) is 19.3 Å². The van der Waals surface area contributed by atoms with Gasteiger partial charge in [0.15, 0.2) is 0 Å². The average Bonchev–Trinajstić information content (AvgIpc) is 2.80. The van der Waals surface area contributed by atoms with Gasteiger partial charge in [-0.25, -0.2) is 4.79 Å². The molecule has 6 heteroatoms. The second-order valence-electron chi connectivity index (χ2n) is 4.21. The van der Waals surface area contributed by atoms with Crippen LogP contribution in [0.15, 0.2) is 12.7 Å². The van der Waals surface area contributed by atoms with Crippen LogP contribution in [-0.2, 0) is 9.53 Å². The van der Waals surface area contributed by atoms with E-state index in [1.54, 1.807) is 4.90 Å². The molecule has 1 saturated heterocycles. The monoisotopic (exact) mass is 256 g/mol. The lowest BCUT2D eigenvalue weighted by Gasteiger charge is -2.16. The Hall–Kier alpha value is -1.56. The van der Waals surface area contributed by atoms with Gasteiger partial charge in [0.25, 0.3) is 0 Å². The van der Waals surface area contributed by atoms with Gasteiger partial charge < -0.3 is 20.1 Å². The van der Waals surface area contributed by atoms with E-state index in [1.165, 1.54) is 0 Å². The molecule has 1 aliphatic heterocycles. The second kappa shape index (κ2) is 7.71. The lowest BCUT2D eigenvalue weighted by molar-refractivity contribution is -0.135. The lowest BCUT2D eigenvalue weighted by Crippen LogP contribution is -2.41. The van der Waals surface area contributed by atoms with Crippen LogP contribution in [0.5, 0.6) is 0 Å². The van der Waals surface area contributed by atoms with Crippen LogP contribution < -0.4 is 5.32 Å². The molecular weight excluding hydrogens is 236 g/mol. The number of hydrogen-bond acceptors (Lipinski definition) is 3. The maximum absolute atomic E-state index is 11.6. The van der Waals surface area contributed by atoms with Gasteiger partial charge in [-0.3, -0.25) is 4.79 Å². The first-order chi connectivity index (χ1) is 8.63. The van der Waals surface area contributed by atoms with E-state index in [1.807, 2.05) is 6.08 Å². The fraction of sp³-hybridized carbons (Fsp3) is 0.667.